The van der Waals surface area contributed by atoms with E-state index >= 15 is 0 Å². The van der Waals surface area contributed by atoms with Crippen molar-refractivity contribution >= 4 is 17.5 Å². The number of likely N-dealkylation sites (tertiary alicyclic amines) is 1. The molecule has 8 heteroatoms. The summed E-state index contributed by atoms with van der Waals surface area (Å²) in [7, 11) is 0. The van der Waals surface area contributed by atoms with Gasteiger partial charge in [-0.25, -0.2) is 13.8 Å². The minimum Gasteiger partial charge on any atom is -0.441 e. The van der Waals surface area contributed by atoms with Crippen molar-refractivity contribution in [3.8, 4) is 11.3 Å². The first kappa shape index (κ1) is 21.7. The van der Waals surface area contributed by atoms with E-state index in [4.69, 9.17) is 4.42 Å². The van der Waals surface area contributed by atoms with Crippen LogP contribution in [0.4, 0.5) is 14.5 Å². The molecule has 2 amide bonds. The fraction of sp³-hybridized carbons (Fsp3) is 0.292. The van der Waals surface area contributed by atoms with Crippen molar-refractivity contribution in [2.75, 3.05) is 18.4 Å². The van der Waals surface area contributed by atoms with Gasteiger partial charge in [-0.05, 0) is 37.1 Å². The fourth-order valence-electron chi connectivity index (χ4n) is 3.77. The third-order valence-corrected chi connectivity index (χ3v) is 5.56. The molecule has 0 unspecified atom stereocenters. The SMILES string of the molecule is O=C(Nc1ccccc1)C1CCN(C(=O)CCc2ncc(-c3ccc(F)cc3F)o2)CC1. The first-order valence-corrected chi connectivity index (χ1v) is 10.5. The molecule has 4 rings (SSSR count). The second-order valence-electron chi connectivity index (χ2n) is 7.75. The topological polar surface area (TPSA) is 75.4 Å². The largest absolute Gasteiger partial charge is 0.441 e. The van der Waals surface area contributed by atoms with Crippen LogP contribution in [0, 0.1) is 17.6 Å². The molecular weight excluding hydrogens is 416 g/mol. The molecule has 0 radical (unpaired) electrons. The number of aryl methyl sites for hydroxylation is 1. The van der Waals surface area contributed by atoms with Crippen LogP contribution in [0.1, 0.15) is 25.2 Å². The minimum absolute atomic E-state index is 0.0244. The third-order valence-electron chi connectivity index (χ3n) is 5.56. The highest BCUT2D eigenvalue weighted by Crippen LogP contribution is 2.25. The van der Waals surface area contributed by atoms with Crippen LogP contribution in [0.3, 0.4) is 0 Å². The standard InChI is InChI=1S/C24H23F2N3O3/c25-17-6-7-19(20(26)14-17)21-15-27-22(32-21)8-9-23(30)29-12-10-16(11-13-29)24(31)28-18-4-2-1-3-5-18/h1-7,14-16H,8-13H2,(H,28,31). The van der Waals surface area contributed by atoms with E-state index < -0.39 is 11.6 Å². The lowest BCUT2D eigenvalue weighted by atomic mass is 9.95. The molecule has 0 atom stereocenters. The highest BCUT2D eigenvalue weighted by Gasteiger charge is 2.27. The summed E-state index contributed by atoms with van der Waals surface area (Å²) >= 11 is 0. The first-order valence-electron chi connectivity index (χ1n) is 10.5. The zero-order valence-electron chi connectivity index (χ0n) is 17.4. The summed E-state index contributed by atoms with van der Waals surface area (Å²) in [6, 6.07) is 12.5. The Bertz CT molecular complexity index is 1090. The number of anilines is 1. The number of para-hydroxylation sites is 1. The lowest BCUT2D eigenvalue weighted by Gasteiger charge is -2.31. The second-order valence-corrected chi connectivity index (χ2v) is 7.75. The number of benzene rings is 2. The Morgan fingerprint density at radius 2 is 1.84 bits per heavy atom. The average molecular weight is 439 g/mol. The van der Waals surface area contributed by atoms with Crippen molar-refractivity contribution in [2.24, 2.45) is 5.92 Å². The van der Waals surface area contributed by atoms with Crippen LogP contribution >= 0.6 is 0 Å². The quantitative estimate of drug-likeness (QED) is 0.617. The van der Waals surface area contributed by atoms with Gasteiger partial charge in [0.2, 0.25) is 11.8 Å². The summed E-state index contributed by atoms with van der Waals surface area (Å²) in [4.78, 5) is 30.8. The molecule has 1 saturated heterocycles. The number of amides is 2. The second kappa shape index (κ2) is 9.72. The fourth-order valence-corrected chi connectivity index (χ4v) is 3.77. The third kappa shape index (κ3) is 5.19. The number of aromatic nitrogens is 1. The maximum absolute atomic E-state index is 13.9. The Morgan fingerprint density at radius 1 is 1.09 bits per heavy atom. The van der Waals surface area contributed by atoms with Crippen LogP contribution in [0.25, 0.3) is 11.3 Å². The van der Waals surface area contributed by atoms with E-state index in [-0.39, 0.29) is 41.9 Å². The molecule has 2 heterocycles. The number of nitrogens with one attached hydrogen (secondary N) is 1. The predicted octanol–water partition coefficient (Wildman–Crippen LogP) is 4.43. The number of nitrogens with zero attached hydrogens (tertiary/aromatic N) is 2. The van der Waals surface area contributed by atoms with Gasteiger partial charge < -0.3 is 14.6 Å². The Kier molecular flexibility index (Phi) is 6.58. The van der Waals surface area contributed by atoms with Gasteiger partial charge in [0.05, 0.1) is 11.8 Å². The summed E-state index contributed by atoms with van der Waals surface area (Å²) in [5, 5.41) is 2.91. The average Bonchev–Trinajstić information content (AvgIpc) is 3.27. The number of halogens is 2. The van der Waals surface area contributed by atoms with E-state index in [1.54, 1.807) is 4.90 Å². The lowest BCUT2D eigenvalue weighted by Crippen LogP contribution is -2.41. The smallest absolute Gasteiger partial charge is 0.227 e. The summed E-state index contributed by atoms with van der Waals surface area (Å²) < 4.78 is 32.5. The molecule has 3 aromatic rings. The van der Waals surface area contributed by atoms with Gasteiger partial charge in [-0.3, -0.25) is 9.59 Å². The molecule has 1 aliphatic rings. The van der Waals surface area contributed by atoms with Gasteiger partial charge >= 0.3 is 0 Å². The summed E-state index contributed by atoms with van der Waals surface area (Å²) in [6.45, 7) is 1.03. The van der Waals surface area contributed by atoms with Gasteiger partial charge in [-0.1, -0.05) is 18.2 Å². The van der Waals surface area contributed by atoms with E-state index in [9.17, 15) is 18.4 Å². The van der Waals surface area contributed by atoms with Crippen molar-refractivity contribution in [2.45, 2.75) is 25.7 Å². The van der Waals surface area contributed by atoms with Crippen molar-refractivity contribution in [3.63, 3.8) is 0 Å². The molecule has 1 N–H and O–H groups in total. The zero-order chi connectivity index (χ0) is 22.5. The van der Waals surface area contributed by atoms with Crippen LogP contribution in [0.15, 0.2) is 59.1 Å². The van der Waals surface area contributed by atoms with Crippen molar-refractivity contribution in [3.05, 3.63) is 72.3 Å². The zero-order valence-corrected chi connectivity index (χ0v) is 17.4. The molecule has 1 aromatic heterocycles. The first-order chi connectivity index (χ1) is 15.5. The van der Waals surface area contributed by atoms with Gasteiger partial charge in [0, 0.05) is 43.6 Å². The number of hydrogen-bond donors (Lipinski definition) is 1. The van der Waals surface area contributed by atoms with E-state index in [1.165, 1.54) is 12.3 Å². The van der Waals surface area contributed by atoms with Gasteiger partial charge in [-0.2, -0.15) is 0 Å². The minimum atomic E-state index is -0.733. The molecule has 1 aliphatic heterocycles. The molecule has 32 heavy (non-hydrogen) atoms. The molecule has 0 bridgehead atoms. The molecule has 0 spiro atoms. The predicted molar refractivity (Wildman–Crippen MR) is 115 cm³/mol. The van der Waals surface area contributed by atoms with Crippen molar-refractivity contribution < 1.29 is 22.8 Å². The summed E-state index contributed by atoms with van der Waals surface area (Å²) in [5.41, 5.74) is 0.883. The van der Waals surface area contributed by atoms with E-state index in [0.717, 1.165) is 17.8 Å². The monoisotopic (exact) mass is 439 g/mol. The maximum atomic E-state index is 13.9. The maximum Gasteiger partial charge on any atom is 0.227 e. The van der Waals surface area contributed by atoms with Crippen LogP contribution in [0.2, 0.25) is 0 Å². The number of carbonyl (C=O) groups is 2. The Hall–Kier alpha value is -3.55. The normalized spacial score (nSPS) is 14.4. The summed E-state index contributed by atoms with van der Waals surface area (Å²) in [6.07, 6.45) is 3.06. The van der Waals surface area contributed by atoms with Crippen LogP contribution < -0.4 is 5.32 Å². The van der Waals surface area contributed by atoms with E-state index in [0.29, 0.717) is 31.8 Å². The van der Waals surface area contributed by atoms with E-state index in [1.807, 2.05) is 30.3 Å². The Labute approximate surface area is 184 Å². The van der Waals surface area contributed by atoms with Gasteiger partial charge in [0.25, 0.3) is 0 Å². The van der Waals surface area contributed by atoms with Crippen LogP contribution in [-0.4, -0.2) is 34.8 Å². The van der Waals surface area contributed by atoms with Gasteiger partial charge in [-0.15, -0.1) is 0 Å². The van der Waals surface area contributed by atoms with Crippen LogP contribution in [-0.2, 0) is 16.0 Å². The van der Waals surface area contributed by atoms with E-state index in [2.05, 4.69) is 10.3 Å². The molecule has 166 valence electrons. The lowest BCUT2D eigenvalue weighted by molar-refractivity contribution is -0.134. The molecular formula is C24H23F2N3O3. The number of hydrogen-bond acceptors (Lipinski definition) is 4. The molecule has 0 aliphatic carbocycles. The molecule has 1 fully saturated rings. The van der Waals surface area contributed by atoms with Gasteiger partial charge in [0.1, 0.15) is 11.6 Å². The molecule has 6 nitrogen and oxygen atoms in total. The van der Waals surface area contributed by atoms with Crippen LogP contribution in [0.5, 0.6) is 0 Å². The number of rotatable bonds is 6. The highest BCUT2D eigenvalue weighted by molar-refractivity contribution is 5.92. The highest BCUT2D eigenvalue weighted by atomic mass is 19.1. The Morgan fingerprint density at radius 3 is 2.56 bits per heavy atom. The number of oxazole rings is 1. The number of carbonyl (C=O) groups excluding carboxylic acids is 2. The van der Waals surface area contributed by atoms with Gasteiger partial charge in [0.15, 0.2) is 11.7 Å². The molecule has 0 saturated carbocycles. The number of piperidine rings is 1. The Balaban J connectivity index is 1.25. The molecule has 2 aromatic carbocycles. The van der Waals surface area contributed by atoms with Crippen molar-refractivity contribution in [1.82, 2.24) is 9.88 Å². The summed E-state index contributed by atoms with van der Waals surface area (Å²) in [5.74, 6) is -1.09. The van der Waals surface area contributed by atoms with Crippen molar-refractivity contribution in [1.29, 1.82) is 0 Å².